The van der Waals surface area contributed by atoms with E-state index in [9.17, 15) is 14.0 Å². The summed E-state index contributed by atoms with van der Waals surface area (Å²) in [6.07, 6.45) is 2.58. The Balaban J connectivity index is 1.62. The molecule has 3 aromatic carbocycles. The molecule has 0 aliphatic heterocycles. The predicted molar refractivity (Wildman–Crippen MR) is 136 cm³/mol. The van der Waals surface area contributed by atoms with Gasteiger partial charge in [0.2, 0.25) is 10.6 Å². The molecule has 0 fully saturated rings. The van der Waals surface area contributed by atoms with Gasteiger partial charge in [0.1, 0.15) is 17.7 Å². The van der Waals surface area contributed by atoms with E-state index in [1.54, 1.807) is 48.5 Å². The zero-order valence-electron chi connectivity index (χ0n) is 16.7. The summed E-state index contributed by atoms with van der Waals surface area (Å²) in [4.78, 5) is 30.7. The molecule has 5 rings (SSSR count). The van der Waals surface area contributed by atoms with Crippen LogP contribution < -0.4 is 10.4 Å². The summed E-state index contributed by atoms with van der Waals surface area (Å²) >= 11 is 3.20. The topological polar surface area (TPSA) is 75.8 Å². The molecule has 0 aliphatic rings. The van der Waals surface area contributed by atoms with Gasteiger partial charge >= 0.3 is 0 Å². The summed E-state index contributed by atoms with van der Waals surface area (Å²) in [7, 11) is 0. The van der Waals surface area contributed by atoms with Crippen LogP contribution in [0.4, 0.5) is 9.52 Å². The third-order valence-electron chi connectivity index (χ3n) is 4.84. The number of hydrazone groups is 1. The van der Waals surface area contributed by atoms with E-state index in [1.165, 1.54) is 24.6 Å². The number of carbonyl (C=O) groups excluding carboxylic acids is 1. The molecule has 0 aliphatic carbocycles. The standard InChI is InChI=1S/C24H13FIN3O3S/c25-15-9-10-19-21(11-15)33-24(28-19)29(23(31)16-5-1-3-7-18(16)26)27-12-14-13-32-20-8-4-2-6-17(20)22(14)30/h1-13H/b27-12+. The zero-order valence-corrected chi connectivity index (χ0v) is 19.7. The number of para-hydroxylation sites is 1. The number of thiazole rings is 1. The first kappa shape index (κ1) is 21.4. The lowest BCUT2D eigenvalue weighted by Crippen LogP contribution is -2.26. The van der Waals surface area contributed by atoms with Gasteiger partial charge in [0, 0.05) is 3.57 Å². The Labute approximate surface area is 204 Å². The number of halogens is 2. The lowest BCUT2D eigenvalue weighted by atomic mass is 10.2. The molecule has 0 N–H and O–H groups in total. The molecule has 33 heavy (non-hydrogen) atoms. The molecule has 1 amide bonds. The second kappa shape index (κ2) is 8.83. The minimum atomic E-state index is -0.430. The Kier molecular flexibility index (Phi) is 5.73. The summed E-state index contributed by atoms with van der Waals surface area (Å²) in [5.41, 5.74) is 1.33. The average molecular weight is 569 g/mol. The van der Waals surface area contributed by atoms with Gasteiger partial charge in [-0.25, -0.2) is 9.37 Å². The van der Waals surface area contributed by atoms with Crippen molar-refractivity contribution in [1.29, 1.82) is 0 Å². The maximum absolute atomic E-state index is 13.7. The number of fused-ring (bicyclic) bond motifs is 2. The molecule has 162 valence electrons. The Morgan fingerprint density at radius 1 is 1.12 bits per heavy atom. The van der Waals surface area contributed by atoms with Crippen molar-refractivity contribution in [3.05, 3.63) is 104 Å². The van der Waals surface area contributed by atoms with Crippen LogP contribution in [0.5, 0.6) is 0 Å². The van der Waals surface area contributed by atoms with Crippen molar-refractivity contribution < 1.29 is 13.6 Å². The molecule has 5 aromatic rings. The predicted octanol–water partition coefficient (Wildman–Crippen LogP) is 5.83. The first-order chi connectivity index (χ1) is 16.0. The van der Waals surface area contributed by atoms with Crippen LogP contribution in [0.25, 0.3) is 21.2 Å². The molecular formula is C24H13FIN3O3S. The molecule has 0 bridgehead atoms. The highest BCUT2D eigenvalue weighted by Crippen LogP contribution is 2.31. The molecule has 6 nitrogen and oxygen atoms in total. The van der Waals surface area contributed by atoms with Crippen LogP contribution in [-0.4, -0.2) is 17.1 Å². The first-order valence-corrected chi connectivity index (χ1v) is 11.6. The molecular weight excluding hydrogens is 556 g/mol. The van der Waals surface area contributed by atoms with Crippen LogP contribution in [-0.2, 0) is 0 Å². The molecule has 9 heteroatoms. The molecule has 2 aromatic heterocycles. The maximum Gasteiger partial charge on any atom is 0.281 e. The number of benzene rings is 3. The fourth-order valence-electron chi connectivity index (χ4n) is 3.22. The first-order valence-electron chi connectivity index (χ1n) is 9.71. The fraction of sp³-hybridized carbons (Fsp3) is 0. The molecule has 0 saturated carbocycles. The van der Waals surface area contributed by atoms with Gasteiger partial charge in [-0.1, -0.05) is 35.6 Å². The lowest BCUT2D eigenvalue weighted by Gasteiger charge is -2.14. The van der Waals surface area contributed by atoms with Crippen molar-refractivity contribution in [3.8, 4) is 0 Å². The average Bonchev–Trinajstić information content (AvgIpc) is 3.23. The van der Waals surface area contributed by atoms with E-state index in [1.807, 2.05) is 6.07 Å². The van der Waals surface area contributed by atoms with Gasteiger partial charge in [-0.15, -0.1) is 0 Å². The SMILES string of the molecule is O=C(c1ccccc1I)N(/N=C/c1coc2ccccc2c1=O)c1nc2ccc(F)cc2s1. The van der Waals surface area contributed by atoms with Crippen LogP contribution in [0.1, 0.15) is 15.9 Å². The van der Waals surface area contributed by atoms with Gasteiger partial charge in [0.15, 0.2) is 0 Å². The third-order valence-corrected chi connectivity index (χ3v) is 6.77. The lowest BCUT2D eigenvalue weighted by molar-refractivity contribution is 0.0987. The van der Waals surface area contributed by atoms with E-state index in [0.717, 1.165) is 19.9 Å². The maximum atomic E-state index is 13.7. The highest BCUT2D eigenvalue weighted by atomic mass is 127. The monoisotopic (exact) mass is 569 g/mol. The number of anilines is 1. The van der Waals surface area contributed by atoms with E-state index < -0.39 is 11.7 Å². The van der Waals surface area contributed by atoms with Gasteiger partial charge < -0.3 is 4.42 Å². The largest absolute Gasteiger partial charge is 0.463 e. The van der Waals surface area contributed by atoms with E-state index in [-0.39, 0.29) is 16.1 Å². The number of nitrogens with zero attached hydrogens (tertiary/aromatic N) is 3. The summed E-state index contributed by atoms with van der Waals surface area (Å²) in [5.74, 6) is -0.827. The minimum absolute atomic E-state index is 0.182. The molecule has 2 heterocycles. The second-order valence-electron chi connectivity index (χ2n) is 6.97. The smallest absolute Gasteiger partial charge is 0.281 e. The van der Waals surface area contributed by atoms with Crippen LogP contribution in [0, 0.1) is 9.39 Å². The Morgan fingerprint density at radius 2 is 1.91 bits per heavy atom. The molecule has 0 saturated heterocycles. The van der Waals surface area contributed by atoms with E-state index in [4.69, 9.17) is 4.42 Å². The van der Waals surface area contributed by atoms with Gasteiger partial charge in [0.05, 0.1) is 32.9 Å². The van der Waals surface area contributed by atoms with Crippen molar-refractivity contribution in [3.63, 3.8) is 0 Å². The number of aromatic nitrogens is 1. The summed E-state index contributed by atoms with van der Waals surface area (Å²) in [6.45, 7) is 0. The van der Waals surface area contributed by atoms with Crippen molar-refractivity contribution >= 4 is 72.4 Å². The fourth-order valence-corrected chi connectivity index (χ4v) is 4.78. The molecule has 0 unspecified atom stereocenters. The van der Waals surface area contributed by atoms with Crippen LogP contribution >= 0.6 is 33.9 Å². The third kappa shape index (κ3) is 4.16. The Hall–Kier alpha value is -3.44. The van der Waals surface area contributed by atoms with Crippen LogP contribution in [0.3, 0.4) is 0 Å². The highest BCUT2D eigenvalue weighted by molar-refractivity contribution is 14.1. The van der Waals surface area contributed by atoms with Crippen molar-refractivity contribution in [2.24, 2.45) is 5.10 Å². The van der Waals surface area contributed by atoms with Gasteiger partial charge in [0.25, 0.3) is 5.91 Å². The van der Waals surface area contributed by atoms with E-state index >= 15 is 0 Å². The number of hydrogen-bond acceptors (Lipinski definition) is 6. The van der Waals surface area contributed by atoms with Crippen LogP contribution in [0.2, 0.25) is 0 Å². The molecule has 0 spiro atoms. The van der Waals surface area contributed by atoms with Crippen molar-refractivity contribution in [2.45, 2.75) is 0 Å². The van der Waals surface area contributed by atoms with Gasteiger partial charge in [-0.3, -0.25) is 9.59 Å². The number of amides is 1. The van der Waals surface area contributed by atoms with Crippen molar-refractivity contribution in [1.82, 2.24) is 4.98 Å². The summed E-state index contributed by atoms with van der Waals surface area (Å²) < 4.78 is 20.5. The van der Waals surface area contributed by atoms with E-state index in [0.29, 0.717) is 26.7 Å². The highest BCUT2D eigenvalue weighted by Gasteiger charge is 2.23. The number of carbonyl (C=O) groups is 1. The van der Waals surface area contributed by atoms with Gasteiger partial charge in [-0.05, 0) is 65.1 Å². The normalized spacial score (nSPS) is 11.5. The van der Waals surface area contributed by atoms with Gasteiger partial charge in [-0.2, -0.15) is 10.1 Å². The summed E-state index contributed by atoms with van der Waals surface area (Å²) in [5, 5.41) is 6.10. The number of hydrogen-bond donors (Lipinski definition) is 0. The van der Waals surface area contributed by atoms with E-state index in [2.05, 4.69) is 32.7 Å². The molecule has 0 radical (unpaired) electrons. The van der Waals surface area contributed by atoms with Crippen molar-refractivity contribution in [2.75, 3.05) is 5.01 Å². The van der Waals surface area contributed by atoms with Crippen LogP contribution in [0.15, 0.2) is 87.3 Å². The summed E-state index contributed by atoms with van der Waals surface area (Å²) in [6, 6.07) is 18.2. The molecule has 0 atom stereocenters. The minimum Gasteiger partial charge on any atom is -0.463 e. The second-order valence-corrected chi connectivity index (χ2v) is 9.14. The Morgan fingerprint density at radius 3 is 2.76 bits per heavy atom. The quantitative estimate of drug-likeness (QED) is 0.155. The Bertz CT molecular complexity index is 1610. The zero-order chi connectivity index (χ0) is 22.9. The number of rotatable bonds is 4.